The highest BCUT2D eigenvalue weighted by Gasteiger charge is 2.49. The van der Waals surface area contributed by atoms with Crippen LogP contribution in [0.25, 0.3) is 27.5 Å². The van der Waals surface area contributed by atoms with Gasteiger partial charge in [0.15, 0.2) is 5.75 Å². The van der Waals surface area contributed by atoms with Crippen molar-refractivity contribution in [2.45, 2.75) is 11.7 Å². The number of halogens is 6. The van der Waals surface area contributed by atoms with Gasteiger partial charge in [0.2, 0.25) is 0 Å². The summed E-state index contributed by atoms with van der Waals surface area (Å²) < 4.78 is 105. The van der Waals surface area contributed by atoms with Crippen molar-refractivity contribution < 1.29 is 38.9 Å². The molecule has 0 fully saturated rings. The first-order valence-electron chi connectivity index (χ1n) is 8.34. The molecule has 0 spiro atoms. The molecule has 4 aromatic rings. The molecule has 0 amide bonds. The van der Waals surface area contributed by atoms with Crippen molar-refractivity contribution in [2.24, 2.45) is 0 Å². The van der Waals surface area contributed by atoms with Crippen molar-refractivity contribution in [3.63, 3.8) is 0 Å². The Morgan fingerprint density at radius 2 is 1.52 bits per heavy atom. The van der Waals surface area contributed by atoms with Crippen LogP contribution < -0.4 is 4.18 Å². The Labute approximate surface area is 169 Å². The number of alkyl halides is 6. The van der Waals surface area contributed by atoms with Gasteiger partial charge in [-0.3, -0.25) is 0 Å². The molecule has 0 saturated heterocycles. The summed E-state index contributed by atoms with van der Waals surface area (Å²) in [5, 5.41) is 8.60. The number of fused-ring (bicyclic) bond motifs is 2. The summed E-state index contributed by atoms with van der Waals surface area (Å²) in [6.07, 6.45) is -4.65. The summed E-state index contributed by atoms with van der Waals surface area (Å²) in [6, 6.07) is 11.0. The number of hydrogen-bond acceptors (Lipinski definition) is 5. The fourth-order valence-corrected chi connectivity index (χ4v) is 3.33. The summed E-state index contributed by atoms with van der Waals surface area (Å²) >= 11 is 0. The predicted octanol–water partition coefficient (Wildman–Crippen LogP) is 4.82. The molecule has 0 aliphatic rings. The van der Waals surface area contributed by atoms with Gasteiger partial charge in [0, 0.05) is 5.39 Å². The van der Waals surface area contributed by atoms with Crippen LogP contribution in [0, 0.1) is 0 Å². The molecular weight excluding hydrogens is 452 g/mol. The molecule has 1 heterocycles. The smallest absolute Gasteiger partial charge is 0.374 e. The zero-order valence-corrected chi connectivity index (χ0v) is 15.8. The van der Waals surface area contributed by atoms with E-state index >= 15 is 0 Å². The minimum Gasteiger partial charge on any atom is -0.374 e. The van der Waals surface area contributed by atoms with Crippen LogP contribution in [0.4, 0.5) is 26.3 Å². The Hall–Kier alpha value is -3.35. The van der Waals surface area contributed by atoms with Crippen LogP contribution in [-0.4, -0.2) is 28.9 Å². The minimum absolute atomic E-state index is 0.00515. The summed E-state index contributed by atoms with van der Waals surface area (Å²) in [7, 11) is -6.02. The molecule has 0 bridgehead atoms. The lowest BCUT2D eigenvalue weighted by atomic mass is 10.1. The molecule has 0 aliphatic heterocycles. The van der Waals surface area contributed by atoms with E-state index < -0.39 is 33.1 Å². The molecule has 1 aromatic heterocycles. The summed E-state index contributed by atoms with van der Waals surface area (Å²) in [5.74, 6) is -0.743. The van der Waals surface area contributed by atoms with Gasteiger partial charge in [-0.2, -0.15) is 34.8 Å². The van der Waals surface area contributed by atoms with E-state index in [0.29, 0.717) is 5.39 Å². The van der Waals surface area contributed by atoms with Gasteiger partial charge >= 0.3 is 21.8 Å². The van der Waals surface area contributed by atoms with E-state index in [1.807, 2.05) is 0 Å². The third kappa shape index (κ3) is 3.76. The average molecular weight is 461 g/mol. The van der Waals surface area contributed by atoms with E-state index in [1.165, 1.54) is 18.2 Å². The Bertz CT molecular complexity index is 1410. The standard InChI is InChI=1S/C18H9F6N3O3S/c19-17(20,21)11-6-7-13-14(9-11)26-27(25-13)16-12-4-2-1-3-10(12)5-8-15(16)30-31(28,29)18(22,23)24/h1-9H. The second-order valence-electron chi connectivity index (χ2n) is 6.31. The molecule has 3 aromatic carbocycles. The van der Waals surface area contributed by atoms with Crippen molar-refractivity contribution in [1.29, 1.82) is 0 Å². The Morgan fingerprint density at radius 1 is 0.839 bits per heavy atom. The van der Waals surface area contributed by atoms with Crippen molar-refractivity contribution in [3.05, 3.63) is 60.2 Å². The number of benzene rings is 3. The van der Waals surface area contributed by atoms with Gasteiger partial charge in [-0.1, -0.05) is 30.3 Å². The second-order valence-corrected chi connectivity index (χ2v) is 7.85. The molecule has 0 radical (unpaired) electrons. The molecule has 13 heteroatoms. The molecule has 0 unspecified atom stereocenters. The fraction of sp³-hybridized carbons (Fsp3) is 0.111. The van der Waals surface area contributed by atoms with Gasteiger partial charge < -0.3 is 4.18 Å². The predicted molar refractivity (Wildman–Crippen MR) is 97.0 cm³/mol. The molecule has 0 aliphatic carbocycles. The third-order valence-corrected chi connectivity index (χ3v) is 5.22. The monoisotopic (exact) mass is 461 g/mol. The van der Waals surface area contributed by atoms with Crippen molar-refractivity contribution in [1.82, 2.24) is 15.0 Å². The van der Waals surface area contributed by atoms with Crippen LogP contribution in [0.1, 0.15) is 5.56 Å². The van der Waals surface area contributed by atoms with Crippen LogP contribution in [0.2, 0.25) is 0 Å². The lowest BCUT2D eigenvalue weighted by molar-refractivity contribution is -0.137. The maximum absolute atomic E-state index is 13.0. The molecular formula is C18H9F6N3O3S. The van der Waals surface area contributed by atoms with Crippen LogP contribution >= 0.6 is 0 Å². The van der Waals surface area contributed by atoms with Gasteiger partial charge in [0.25, 0.3) is 0 Å². The minimum atomic E-state index is -6.02. The van der Waals surface area contributed by atoms with E-state index in [-0.39, 0.29) is 22.1 Å². The van der Waals surface area contributed by atoms with Crippen molar-refractivity contribution in [2.75, 3.05) is 0 Å². The molecule has 0 atom stereocenters. The maximum Gasteiger partial charge on any atom is 0.534 e. The highest BCUT2D eigenvalue weighted by Crippen LogP contribution is 2.36. The highest BCUT2D eigenvalue weighted by atomic mass is 32.2. The Morgan fingerprint density at radius 3 is 2.19 bits per heavy atom. The van der Waals surface area contributed by atoms with Crippen LogP contribution in [0.15, 0.2) is 54.6 Å². The highest BCUT2D eigenvalue weighted by molar-refractivity contribution is 7.88. The van der Waals surface area contributed by atoms with E-state index in [0.717, 1.165) is 29.1 Å². The molecule has 6 nitrogen and oxygen atoms in total. The first-order valence-corrected chi connectivity index (χ1v) is 9.75. The lowest BCUT2D eigenvalue weighted by Gasteiger charge is -2.14. The molecule has 0 saturated carbocycles. The third-order valence-electron chi connectivity index (χ3n) is 4.25. The summed E-state index contributed by atoms with van der Waals surface area (Å²) in [4.78, 5) is 0.744. The zero-order chi connectivity index (χ0) is 22.6. The van der Waals surface area contributed by atoms with E-state index in [2.05, 4.69) is 14.4 Å². The van der Waals surface area contributed by atoms with Crippen molar-refractivity contribution in [3.8, 4) is 11.4 Å². The maximum atomic E-state index is 13.0. The van der Waals surface area contributed by atoms with Gasteiger partial charge in [0.05, 0.1) is 5.56 Å². The number of nitrogens with zero attached hydrogens (tertiary/aromatic N) is 3. The average Bonchev–Trinajstić information content (AvgIpc) is 3.08. The fourth-order valence-electron chi connectivity index (χ4n) is 2.86. The summed E-state index contributed by atoms with van der Waals surface area (Å²) in [6.45, 7) is 0. The van der Waals surface area contributed by atoms with Crippen molar-refractivity contribution >= 4 is 31.9 Å². The topological polar surface area (TPSA) is 74.1 Å². The quantitative estimate of drug-likeness (QED) is 0.249. The summed E-state index contributed by atoms with van der Waals surface area (Å²) in [5.41, 5.74) is -7.17. The van der Waals surface area contributed by atoms with Gasteiger partial charge in [-0.05, 0) is 29.7 Å². The zero-order valence-electron chi connectivity index (χ0n) is 14.9. The molecule has 4 rings (SSSR count). The first kappa shape index (κ1) is 20.9. The molecule has 0 N–H and O–H groups in total. The van der Waals surface area contributed by atoms with E-state index in [1.54, 1.807) is 12.1 Å². The van der Waals surface area contributed by atoms with Crippen LogP contribution in [-0.2, 0) is 16.3 Å². The Balaban J connectivity index is 1.95. The van der Waals surface area contributed by atoms with Gasteiger partial charge in [0.1, 0.15) is 16.7 Å². The SMILES string of the molecule is O=S(=O)(Oc1ccc2ccccc2c1-n1nc2ccc(C(F)(F)F)cc2n1)C(F)(F)F. The van der Waals surface area contributed by atoms with E-state index in [9.17, 15) is 34.8 Å². The Kier molecular flexibility index (Phi) is 4.61. The van der Waals surface area contributed by atoms with Gasteiger partial charge in [-0.15, -0.1) is 15.0 Å². The van der Waals surface area contributed by atoms with Crippen LogP contribution in [0.5, 0.6) is 5.75 Å². The second kappa shape index (κ2) is 6.83. The van der Waals surface area contributed by atoms with Gasteiger partial charge in [-0.25, -0.2) is 0 Å². The molecule has 31 heavy (non-hydrogen) atoms. The van der Waals surface area contributed by atoms with E-state index in [4.69, 9.17) is 0 Å². The molecule has 162 valence electrons. The number of rotatable bonds is 3. The largest absolute Gasteiger partial charge is 0.534 e. The number of hydrogen-bond donors (Lipinski definition) is 0. The lowest BCUT2D eigenvalue weighted by Crippen LogP contribution is -2.28. The van der Waals surface area contributed by atoms with Crippen LogP contribution in [0.3, 0.4) is 0 Å². The number of aromatic nitrogens is 3. The normalized spacial score (nSPS) is 13.1. The first-order chi connectivity index (χ1) is 14.4.